The highest BCUT2D eigenvalue weighted by atomic mass is 35.5. The molecule has 0 spiro atoms. The summed E-state index contributed by atoms with van der Waals surface area (Å²) in [7, 11) is 0. The molecule has 2 rings (SSSR count). The van der Waals surface area contributed by atoms with Crippen LogP contribution >= 0.6 is 12.4 Å². The summed E-state index contributed by atoms with van der Waals surface area (Å²) in [4.78, 5) is 0. The molecular formula is C21H30ClN. The summed E-state index contributed by atoms with van der Waals surface area (Å²) < 4.78 is 0. The Hall–Kier alpha value is -1.31. The molecule has 0 amide bonds. The van der Waals surface area contributed by atoms with Crippen molar-refractivity contribution in [2.75, 3.05) is 6.54 Å². The minimum atomic E-state index is 0. The predicted molar refractivity (Wildman–Crippen MR) is 104 cm³/mol. The third-order valence-electron chi connectivity index (χ3n) is 4.07. The third kappa shape index (κ3) is 6.76. The average molecular weight is 332 g/mol. The van der Waals surface area contributed by atoms with E-state index in [1.165, 1.54) is 36.8 Å². The fraction of sp³-hybridized carbons (Fsp3) is 0.429. The van der Waals surface area contributed by atoms with Gasteiger partial charge in [-0.2, -0.15) is 0 Å². The van der Waals surface area contributed by atoms with Crippen molar-refractivity contribution in [2.45, 2.75) is 52.5 Å². The minimum Gasteiger partial charge on any atom is -0.312 e. The first kappa shape index (κ1) is 19.7. The molecule has 0 saturated carbocycles. The number of benzene rings is 2. The van der Waals surface area contributed by atoms with Gasteiger partial charge in [0.25, 0.3) is 0 Å². The van der Waals surface area contributed by atoms with Gasteiger partial charge in [-0.15, -0.1) is 12.4 Å². The zero-order valence-corrected chi connectivity index (χ0v) is 15.3. The molecule has 0 aliphatic rings. The van der Waals surface area contributed by atoms with Crippen molar-refractivity contribution in [3.63, 3.8) is 0 Å². The Kier molecular flexibility index (Phi) is 9.66. The van der Waals surface area contributed by atoms with E-state index in [-0.39, 0.29) is 12.4 Å². The molecule has 1 nitrogen and oxygen atoms in total. The van der Waals surface area contributed by atoms with Gasteiger partial charge in [0.1, 0.15) is 0 Å². The molecule has 0 saturated heterocycles. The van der Waals surface area contributed by atoms with Crippen LogP contribution < -0.4 is 5.32 Å². The Morgan fingerprint density at radius 2 is 1.43 bits per heavy atom. The predicted octanol–water partition coefficient (Wildman–Crippen LogP) is 5.35. The SMILES string of the molecule is CCCc1ccc(CCNCc2ccccc2)cc1CCC.Cl. The maximum atomic E-state index is 3.54. The molecule has 0 heterocycles. The van der Waals surface area contributed by atoms with E-state index < -0.39 is 0 Å². The van der Waals surface area contributed by atoms with E-state index in [1.807, 2.05) is 0 Å². The molecule has 2 aromatic rings. The molecule has 0 aliphatic heterocycles. The van der Waals surface area contributed by atoms with Gasteiger partial charge in [0, 0.05) is 6.54 Å². The van der Waals surface area contributed by atoms with E-state index in [9.17, 15) is 0 Å². The summed E-state index contributed by atoms with van der Waals surface area (Å²) in [6, 6.07) is 17.7. The van der Waals surface area contributed by atoms with Crippen LogP contribution in [-0.4, -0.2) is 6.54 Å². The molecule has 23 heavy (non-hydrogen) atoms. The Bertz CT molecular complexity index is 551. The number of hydrogen-bond acceptors (Lipinski definition) is 1. The molecule has 0 unspecified atom stereocenters. The van der Waals surface area contributed by atoms with Crippen molar-refractivity contribution in [3.05, 3.63) is 70.8 Å². The minimum absolute atomic E-state index is 0. The molecule has 2 heteroatoms. The van der Waals surface area contributed by atoms with E-state index in [4.69, 9.17) is 0 Å². The first-order valence-electron chi connectivity index (χ1n) is 8.68. The first-order chi connectivity index (χ1) is 10.8. The zero-order chi connectivity index (χ0) is 15.6. The van der Waals surface area contributed by atoms with E-state index in [1.54, 1.807) is 11.1 Å². The molecule has 0 radical (unpaired) electrons. The number of nitrogens with one attached hydrogen (secondary N) is 1. The first-order valence-corrected chi connectivity index (χ1v) is 8.68. The highest BCUT2D eigenvalue weighted by molar-refractivity contribution is 5.85. The van der Waals surface area contributed by atoms with Crippen molar-refractivity contribution in [1.29, 1.82) is 0 Å². The quantitative estimate of drug-likeness (QED) is 0.611. The summed E-state index contributed by atoms with van der Waals surface area (Å²) in [5.74, 6) is 0. The molecular weight excluding hydrogens is 302 g/mol. The van der Waals surface area contributed by atoms with Gasteiger partial charge in [0.05, 0.1) is 0 Å². The second-order valence-electron chi connectivity index (χ2n) is 6.02. The monoisotopic (exact) mass is 331 g/mol. The standard InChI is InChI=1S/C21H29N.ClH/c1-3-8-20-13-12-18(16-21(20)9-4-2)14-15-22-17-19-10-6-5-7-11-19;/h5-7,10-13,16,22H,3-4,8-9,14-15,17H2,1-2H3;1H. The average Bonchev–Trinajstić information content (AvgIpc) is 2.55. The molecule has 0 aromatic heterocycles. The van der Waals surface area contributed by atoms with Crippen LogP contribution in [0.5, 0.6) is 0 Å². The maximum Gasteiger partial charge on any atom is 0.0205 e. The van der Waals surface area contributed by atoms with Crippen molar-refractivity contribution >= 4 is 12.4 Å². The van der Waals surface area contributed by atoms with Gasteiger partial charge in [0.2, 0.25) is 0 Å². The Labute approximate surface area is 147 Å². The van der Waals surface area contributed by atoms with Gasteiger partial charge in [0.15, 0.2) is 0 Å². The molecule has 1 N–H and O–H groups in total. The lowest BCUT2D eigenvalue weighted by Crippen LogP contribution is -2.16. The van der Waals surface area contributed by atoms with E-state index in [0.29, 0.717) is 0 Å². The van der Waals surface area contributed by atoms with Crippen LogP contribution in [0.4, 0.5) is 0 Å². The highest BCUT2D eigenvalue weighted by Gasteiger charge is 2.03. The third-order valence-corrected chi connectivity index (χ3v) is 4.07. The second kappa shape index (κ2) is 11.3. The fourth-order valence-electron chi connectivity index (χ4n) is 2.91. The van der Waals surface area contributed by atoms with Gasteiger partial charge in [-0.05, 0) is 48.1 Å². The van der Waals surface area contributed by atoms with Crippen LogP contribution in [0.15, 0.2) is 48.5 Å². The van der Waals surface area contributed by atoms with Crippen molar-refractivity contribution in [2.24, 2.45) is 0 Å². The smallest absolute Gasteiger partial charge is 0.0205 e. The number of aryl methyl sites for hydroxylation is 2. The Morgan fingerprint density at radius 3 is 2.13 bits per heavy atom. The van der Waals surface area contributed by atoms with Crippen LogP contribution in [0.3, 0.4) is 0 Å². The van der Waals surface area contributed by atoms with Crippen molar-refractivity contribution < 1.29 is 0 Å². The van der Waals surface area contributed by atoms with Crippen LogP contribution in [0.25, 0.3) is 0 Å². The van der Waals surface area contributed by atoms with Crippen molar-refractivity contribution in [1.82, 2.24) is 5.32 Å². The molecule has 0 atom stereocenters. The lowest BCUT2D eigenvalue weighted by molar-refractivity contribution is 0.686. The molecule has 126 valence electrons. The summed E-state index contributed by atoms with van der Waals surface area (Å²) in [5.41, 5.74) is 5.92. The zero-order valence-electron chi connectivity index (χ0n) is 14.5. The van der Waals surface area contributed by atoms with E-state index in [2.05, 4.69) is 67.7 Å². The van der Waals surface area contributed by atoms with Gasteiger partial charge >= 0.3 is 0 Å². The van der Waals surface area contributed by atoms with Gasteiger partial charge in [-0.3, -0.25) is 0 Å². The Morgan fingerprint density at radius 1 is 0.739 bits per heavy atom. The maximum absolute atomic E-state index is 3.54. The number of hydrogen-bond donors (Lipinski definition) is 1. The second-order valence-corrected chi connectivity index (χ2v) is 6.02. The normalized spacial score (nSPS) is 10.3. The van der Waals surface area contributed by atoms with Crippen LogP contribution in [0.1, 0.15) is 48.9 Å². The summed E-state index contributed by atoms with van der Waals surface area (Å²) in [5, 5.41) is 3.54. The lowest BCUT2D eigenvalue weighted by Gasteiger charge is -2.11. The highest BCUT2D eigenvalue weighted by Crippen LogP contribution is 2.16. The molecule has 0 fully saturated rings. The number of rotatable bonds is 9. The van der Waals surface area contributed by atoms with Gasteiger partial charge in [-0.25, -0.2) is 0 Å². The topological polar surface area (TPSA) is 12.0 Å². The fourth-order valence-corrected chi connectivity index (χ4v) is 2.91. The summed E-state index contributed by atoms with van der Waals surface area (Å²) >= 11 is 0. The van der Waals surface area contributed by atoms with Gasteiger partial charge < -0.3 is 5.32 Å². The summed E-state index contributed by atoms with van der Waals surface area (Å²) in [6.45, 7) is 6.52. The largest absolute Gasteiger partial charge is 0.312 e. The lowest BCUT2D eigenvalue weighted by atomic mass is 9.96. The number of halogens is 1. The Balaban J connectivity index is 0.00000264. The van der Waals surface area contributed by atoms with Gasteiger partial charge in [-0.1, -0.05) is 75.2 Å². The van der Waals surface area contributed by atoms with E-state index in [0.717, 1.165) is 19.5 Å². The van der Waals surface area contributed by atoms with Crippen LogP contribution in [0.2, 0.25) is 0 Å². The van der Waals surface area contributed by atoms with Crippen LogP contribution in [0, 0.1) is 0 Å². The van der Waals surface area contributed by atoms with Crippen LogP contribution in [-0.2, 0) is 25.8 Å². The molecule has 0 bridgehead atoms. The summed E-state index contributed by atoms with van der Waals surface area (Å²) in [6.07, 6.45) is 5.99. The molecule has 0 aliphatic carbocycles. The van der Waals surface area contributed by atoms with Crippen molar-refractivity contribution in [3.8, 4) is 0 Å². The molecule has 2 aromatic carbocycles. The van der Waals surface area contributed by atoms with E-state index >= 15 is 0 Å².